The summed E-state index contributed by atoms with van der Waals surface area (Å²) in [5.74, 6) is -0.412. The van der Waals surface area contributed by atoms with E-state index in [1.807, 2.05) is 0 Å². The maximum absolute atomic E-state index is 11.0. The number of rotatable bonds is 2. The van der Waals surface area contributed by atoms with Gasteiger partial charge in [-0.15, -0.1) is 0 Å². The lowest BCUT2D eigenvalue weighted by molar-refractivity contribution is -0.134. The van der Waals surface area contributed by atoms with Gasteiger partial charge in [0.2, 0.25) is 0 Å². The molecular formula is C12H12NO4. The Hall–Kier alpha value is -2.04. The van der Waals surface area contributed by atoms with Gasteiger partial charge in [-0.25, -0.2) is 0 Å². The van der Waals surface area contributed by atoms with Gasteiger partial charge >= 0.3 is 11.9 Å². The van der Waals surface area contributed by atoms with E-state index in [-0.39, 0.29) is 11.5 Å². The molecule has 0 N–H and O–H groups in total. The number of esters is 2. The van der Waals surface area contributed by atoms with Gasteiger partial charge in [0.25, 0.3) is 0 Å². The van der Waals surface area contributed by atoms with E-state index in [1.54, 1.807) is 12.1 Å². The van der Waals surface area contributed by atoms with Crippen LogP contribution in [0.15, 0.2) is 12.1 Å². The number of hydrogen-bond donors (Lipinski definition) is 0. The average Bonchev–Trinajstić information content (AvgIpc) is 2.63. The normalized spacial score (nSPS) is 12.6. The molecule has 1 aliphatic heterocycles. The first-order valence-electron chi connectivity index (χ1n) is 5.27. The van der Waals surface area contributed by atoms with Crippen molar-refractivity contribution < 1.29 is 19.1 Å². The number of fused-ring (bicyclic) bond motifs is 1. The topological polar surface area (TPSA) is 66.7 Å². The Morgan fingerprint density at radius 1 is 1.12 bits per heavy atom. The van der Waals surface area contributed by atoms with Gasteiger partial charge in [-0.05, 0) is 18.1 Å². The number of benzene rings is 1. The third-order valence-electron chi connectivity index (χ3n) is 2.32. The van der Waals surface area contributed by atoms with E-state index in [1.165, 1.54) is 13.8 Å². The molecule has 0 aliphatic carbocycles. The lowest BCUT2D eigenvalue weighted by atomic mass is 10.1. The Balaban J connectivity index is 2.39. The highest BCUT2D eigenvalue weighted by atomic mass is 16.6. The van der Waals surface area contributed by atoms with Crippen LogP contribution in [0.5, 0.6) is 11.5 Å². The van der Waals surface area contributed by atoms with Crippen LogP contribution in [-0.4, -0.2) is 18.5 Å². The summed E-state index contributed by atoms with van der Waals surface area (Å²) in [6, 6.07) is 3.33. The Morgan fingerprint density at radius 3 is 2.29 bits per heavy atom. The summed E-state index contributed by atoms with van der Waals surface area (Å²) in [5, 5.41) is 4.26. The van der Waals surface area contributed by atoms with Crippen molar-refractivity contribution in [3.8, 4) is 11.5 Å². The number of nitrogens with zero attached hydrogens (tertiary/aromatic N) is 1. The molecule has 0 atom stereocenters. The molecule has 17 heavy (non-hydrogen) atoms. The van der Waals surface area contributed by atoms with Crippen molar-refractivity contribution in [2.45, 2.75) is 20.3 Å². The van der Waals surface area contributed by atoms with Gasteiger partial charge < -0.3 is 9.47 Å². The van der Waals surface area contributed by atoms with Gasteiger partial charge in [0.15, 0.2) is 11.5 Å². The quantitative estimate of drug-likeness (QED) is 0.572. The standard InChI is InChI=1S/C12H12NO4/c1-7(14)16-11-5-9-3-4-13-10(9)6-12(11)17-8(2)15/h5-6H,3-4H2,1-2H3. The fourth-order valence-electron chi connectivity index (χ4n) is 1.70. The minimum Gasteiger partial charge on any atom is -0.423 e. The van der Waals surface area contributed by atoms with E-state index in [4.69, 9.17) is 9.47 Å². The first kappa shape index (κ1) is 11.4. The molecule has 0 amide bonds. The summed E-state index contributed by atoms with van der Waals surface area (Å²) < 4.78 is 10.0. The zero-order valence-corrected chi connectivity index (χ0v) is 9.65. The van der Waals surface area contributed by atoms with Crippen molar-refractivity contribution in [1.29, 1.82) is 0 Å². The van der Waals surface area contributed by atoms with Crippen molar-refractivity contribution in [2.75, 3.05) is 6.54 Å². The Kier molecular flexibility index (Phi) is 2.99. The third-order valence-corrected chi connectivity index (χ3v) is 2.32. The molecule has 1 aromatic rings. The molecule has 0 unspecified atom stereocenters. The zero-order valence-electron chi connectivity index (χ0n) is 9.65. The summed E-state index contributed by atoms with van der Waals surface area (Å²) in [7, 11) is 0. The molecule has 0 spiro atoms. The second-order valence-electron chi connectivity index (χ2n) is 3.75. The molecule has 0 saturated carbocycles. The largest absolute Gasteiger partial charge is 0.423 e. The zero-order chi connectivity index (χ0) is 12.4. The molecule has 0 bridgehead atoms. The maximum Gasteiger partial charge on any atom is 0.308 e. The molecule has 5 nitrogen and oxygen atoms in total. The fourth-order valence-corrected chi connectivity index (χ4v) is 1.70. The van der Waals surface area contributed by atoms with Crippen LogP contribution in [0, 0.1) is 0 Å². The van der Waals surface area contributed by atoms with Crippen LogP contribution in [0.2, 0.25) is 0 Å². The molecule has 0 aromatic heterocycles. The second kappa shape index (κ2) is 4.45. The van der Waals surface area contributed by atoms with Crippen molar-refractivity contribution >= 4 is 17.6 Å². The van der Waals surface area contributed by atoms with E-state index in [9.17, 15) is 9.59 Å². The van der Waals surface area contributed by atoms with Gasteiger partial charge in [-0.2, -0.15) is 0 Å². The summed E-state index contributed by atoms with van der Waals surface area (Å²) in [5.41, 5.74) is 1.79. The Morgan fingerprint density at radius 2 is 1.71 bits per heavy atom. The van der Waals surface area contributed by atoms with E-state index in [2.05, 4.69) is 5.32 Å². The van der Waals surface area contributed by atoms with Gasteiger partial charge in [0, 0.05) is 26.5 Å². The summed E-state index contributed by atoms with van der Waals surface area (Å²) in [4.78, 5) is 21.9. The summed E-state index contributed by atoms with van der Waals surface area (Å²) in [6.45, 7) is 3.30. The molecule has 1 heterocycles. The fraction of sp³-hybridized carbons (Fsp3) is 0.333. The van der Waals surface area contributed by atoms with Crippen LogP contribution < -0.4 is 14.8 Å². The van der Waals surface area contributed by atoms with E-state index < -0.39 is 11.9 Å². The van der Waals surface area contributed by atoms with Crippen LogP contribution in [0.25, 0.3) is 0 Å². The highest BCUT2D eigenvalue weighted by Gasteiger charge is 2.19. The molecule has 89 valence electrons. The smallest absolute Gasteiger partial charge is 0.308 e. The third kappa shape index (κ3) is 2.55. The number of carbonyl (C=O) groups is 2. The van der Waals surface area contributed by atoms with Crippen molar-refractivity contribution in [2.24, 2.45) is 0 Å². The predicted molar refractivity (Wildman–Crippen MR) is 59.4 cm³/mol. The van der Waals surface area contributed by atoms with E-state index >= 15 is 0 Å². The Labute approximate surface area is 98.7 Å². The van der Waals surface area contributed by atoms with Gasteiger partial charge in [-0.3, -0.25) is 14.9 Å². The highest BCUT2D eigenvalue weighted by Crippen LogP contribution is 2.36. The molecule has 1 radical (unpaired) electrons. The van der Waals surface area contributed by atoms with Gasteiger partial charge in [0.1, 0.15) is 0 Å². The molecule has 0 saturated heterocycles. The van der Waals surface area contributed by atoms with Crippen molar-refractivity contribution in [3.05, 3.63) is 17.7 Å². The second-order valence-corrected chi connectivity index (χ2v) is 3.75. The van der Waals surface area contributed by atoms with Gasteiger partial charge in [0.05, 0.1) is 5.69 Å². The average molecular weight is 234 g/mol. The van der Waals surface area contributed by atoms with Crippen LogP contribution in [0.1, 0.15) is 19.4 Å². The Bertz CT molecular complexity index is 439. The lowest BCUT2D eigenvalue weighted by Gasteiger charge is -2.10. The monoisotopic (exact) mass is 234 g/mol. The van der Waals surface area contributed by atoms with Crippen LogP contribution in [-0.2, 0) is 16.0 Å². The highest BCUT2D eigenvalue weighted by molar-refractivity contribution is 5.75. The molecular weight excluding hydrogens is 222 g/mol. The van der Waals surface area contributed by atoms with E-state index in [0.717, 1.165) is 17.7 Å². The van der Waals surface area contributed by atoms with Crippen molar-refractivity contribution in [3.63, 3.8) is 0 Å². The van der Waals surface area contributed by atoms with Crippen LogP contribution in [0.3, 0.4) is 0 Å². The molecule has 1 aromatic carbocycles. The van der Waals surface area contributed by atoms with E-state index in [0.29, 0.717) is 6.54 Å². The number of ether oxygens (including phenoxy) is 2. The first-order valence-corrected chi connectivity index (χ1v) is 5.27. The summed E-state index contributed by atoms with van der Waals surface area (Å²) in [6.07, 6.45) is 0.809. The minimum atomic E-state index is -0.462. The summed E-state index contributed by atoms with van der Waals surface area (Å²) >= 11 is 0. The van der Waals surface area contributed by atoms with Crippen LogP contribution in [0.4, 0.5) is 5.69 Å². The van der Waals surface area contributed by atoms with Crippen LogP contribution >= 0.6 is 0 Å². The SMILES string of the molecule is CC(=O)Oc1cc2c(cc1OC(C)=O)[N]CC2. The molecule has 2 rings (SSSR count). The van der Waals surface area contributed by atoms with Crippen molar-refractivity contribution in [1.82, 2.24) is 5.32 Å². The predicted octanol–water partition coefficient (Wildman–Crippen LogP) is 1.33. The minimum absolute atomic E-state index is 0.233. The maximum atomic E-state index is 11.0. The molecule has 1 aliphatic rings. The number of hydrogen-bond acceptors (Lipinski definition) is 4. The first-order chi connectivity index (χ1) is 8.06. The molecule has 0 fully saturated rings. The number of carbonyl (C=O) groups excluding carboxylic acids is 2. The molecule has 5 heteroatoms. The van der Waals surface area contributed by atoms with Gasteiger partial charge in [-0.1, -0.05) is 0 Å². The lowest BCUT2D eigenvalue weighted by Crippen LogP contribution is -2.07.